The summed E-state index contributed by atoms with van der Waals surface area (Å²) in [5.74, 6) is 0.859. The fourth-order valence-corrected chi connectivity index (χ4v) is 1.86. The predicted molar refractivity (Wildman–Crippen MR) is 76.9 cm³/mol. The van der Waals surface area contributed by atoms with Gasteiger partial charge in [-0.1, -0.05) is 18.2 Å². The molecule has 1 rings (SSSR count). The average molecular weight is 268 g/mol. The number of para-hydroxylation sites is 1. The van der Waals surface area contributed by atoms with E-state index in [-0.39, 0.29) is 6.04 Å². The molecule has 0 heterocycles. The summed E-state index contributed by atoms with van der Waals surface area (Å²) in [6.07, 6.45) is 0. The number of hydrogen-bond donors (Lipinski definition) is 2. The Labute approximate surface area is 114 Å². The van der Waals surface area contributed by atoms with Crippen LogP contribution in [0.1, 0.15) is 12.5 Å². The molecular weight excluding hydrogens is 248 g/mol. The molecular formula is C13H20N2O2S. The second-order valence-electron chi connectivity index (χ2n) is 4.00. The number of benzene rings is 1. The summed E-state index contributed by atoms with van der Waals surface area (Å²) in [5, 5.41) is 6.91. The van der Waals surface area contributed by atoms with Crippen molar-refractivity contribution in [3.63, 3.8) is 0 Å². The van der Waals surface area contributed by atoms with E-state index in [4.69, 9.17) is 21.7 Å². The number of hydrogen-bond acceptors (Lipinski definition) is 3. The molecule has 2 N–H and O–H groups in total. The Morgan fingerprint density at radius 3 is 2.72 bits per heavy atom. The third kappa shape index (κ3) is 4.89. The van der Waals surface area contributed by atoms with Gasteiger partial charge in [0, 0.05) is 25.3 Å². The summed E-state index contributed by atoms with van der Waals surface area (Å²) in [6, 6.07) is 8.05. The lowest BCUT2D eigenvalue weighted by atomic mass is 10.2. The molecule has 4 nitrogen and oxygen atoms in total. The molecule has 1 aromatic carbocycles. The van der Waals surface area contributed by atoms with Crippen LogP contribution in [0.25, 0.3) is 0 Å². The molecule has 0 aromatic heterocycles. The molecule has 1 aromatic rings. The first kappa shape index (κ1) is 14.7. The lowest BCUT2D eigenvalue weighted by Crippen LogP contribution is -2.42. The highest BCUT2D eigenvalue weighted by Gasteiger charge is 2.05. The molecule has 1 unspecified atom stereocenters. The van der Waals surface area contributed by atoms with E-state index in [1.807, 2.05) is 31.2 Å². The first-order valence-electron chi connectivity index (χ1n) is 5.82. The number of thiocarbonyl (C=S) groups is 1. The monoisotopic (exact) mass is 268 g/mol. The summed E-state index contributed by atoms with van der Waals surface area (Å²) in [7, 11) is 3.33. The number of methoxy groups -OCH3 is 2. The SMILES string of the molecule is COCC(C)NC(=S)NCc1ccccc1OC. The van der Waals surface area contributed by atoms with Crippen molar-refractivity contribution >= 4 is 17.3 Å². The number of rotatable bonds is 6. The second-order valence-corrected chi connectivity index (χ2v) is 4.40. The maximum absolute atomic E-state index is 5.27. The largest absolute Gasteiger partial charge is 0.496 e. The van der Waals surface area contributed by atoms with Crippen molar-refractivity contribution in [1.82, 2.24) is 10.6 Å². The minimum atomic E-state index is 0.188. The first-order valence-corrected chi connectivity index (χ1v) is 6.23. The van der Waals surface area contributed by atoms with Gasteiger partial charge >= 0.3 is 0 Å². The minimum Gasteiger partial charge on any atom is -0.496 e. The molecule has 5 heteroatoms. The van der Waals surface area contributed by atoms with E-state index in [2.05, 4.69) is 10.6 Å². The van der Waals surface area contributed by atoms with Crippen LogP contribution in [0.4, 0.5) is 0 Å². The molecule has 0 saturated carbocycles. The molecule has 18 heavy (non-hydrogen) atoms. The Kier molecular flexibility index (Phi) is 6.46. The summed E-state index contributed by atoms with van der Waals surface area (Å²) < 4.78 is 10.3. The van der Waals surface area contributed by atoms with Crippen LogP contribution in [-0.2, 0) is 11.3 Å². The molecule has 0 aliphatic rings. The van der Waals surface area contributed by atoms with Crippen molar-refractivity contribution in [2.24, 2.45) is 0 Å². The van der Waals surface area contributed by atoms with Crippen molar-refractivity contribution in [2.75, 3.05) is 20.8 Å². The van der Waals surface area contributed by atoms with Gasteiger partial charge in [0.15, 0.2) is 5.11 Å². The van der Waals surface area contributed by atoms with Crippen LogP contribution in [0.3, 0.4) is 0 Å². The molecule has 0 saturated heterocycles. The van der Waals surface area contributed by atoms with Crippen molar-refractivity contribution in [3.8, 4) is 5.75 Å². The highest BCUT2D eigenvalue weighted by Crippen LogP contribution is 2.16. The highest BCUT2D eigenvalue weighted by atomic mass is 32.1. The average Bonchev–Trinajstić information content (AvgIpc) is 2.37. The zero-order valence-electron chi connectivity index (χ0n) is 11.0. The third-order valence-corrected chi connectivity index (χ3v) is 2.69. The van der Waals surface area contributed by atoms with Crippen LogP contribution in [0, 0.1) is 0 Å². The summed E-state index contributed by atoms with van der Waals surface area (Å²) in [5.41, 5.74) is 1.07. The van der Waals surface area contributed by atoms with Gasteiger partial charge in [0.1, 0.15) is 5.75 Å². The topological polar surface area (TPSA) is 42.5 Å². The van der Waals surface area contributed by atoms with Crippen LogP contribution in [-0.4, -0.2) is 32.0 Å². The lowest BCUT2D eigenvalue weighted by molar-refractivity contribution is 0.179. The Hall–Kier alpha value is -1.33. The molecule has 0 spiro atoms. The van der Waals surface area contributed by atoms with Crippen molar-refractivity contribution in [1.29, 1.82) is 0 Å². The second kappa shape index (κ2) is 7.89. The van der Waals surface area contributed by atoms with Gasteiger partial charge in [-0.2, -0.15) is 0 Å². The van der Waals surface area contributed by atoms with Crippen LogP contribution in [0.15, 0.2) is 24.3 Å². The van der Waals surface area contributed by atoms with E-state index in [9.17, 15) is 0 Å². The standard InChI is InChI=1S/C13H20N2O2S/c1-10(9-16-2)15-13(18)14-8-11-6-4-5-7-12(11)17-3/h4-7,10H,8-9H2,1-3H3,(H2,14,15,18). The van der Waals surface area contributed by atoms with Crippen molar-refractivity contribution in [2.45, 2.75) is 19.5 Å². The van der Waals surface area contributed by atoms with Gasteiger partial charge in [0.2, 0.25) is 0 Å². The molecule has 0 bridgehead atoms. The molecule has 0 aliphatic heterocycles. The van der Waals surface area contributed by atoms with E-state index in [0.717, 1.165) is 11.3 Å². The normalized spacial score (nSPS) is 11.7. The van der Waals surface area contributed by atoms with E-state index in [0.29, 0.717) is 18.3 Å². The van der Waals surface area contributed by atoms with E-state index >= 15 is 0 Å². The van der Waals surface area contributed by atoms with Crippen LogP contribution < -0.4 is 15.4 Å². The van der Waals surface area contributed by atoms with E-state index < -0.39 is 0 Å². The van der Waals surface area contributed by atoms with Gasteiger partial charge < -0.3 is 20.1 Å². The Morgan fingerprint density at radius 1 is 1.33 bits per heavy atom. The fraction of sp³-hybridized carbons (Fsp3) is 0.462. The van der Waals surface area contributed by atoms with Gasteiger partial charge in [0.05, 0.1) is 13.7 Å². The fourth-order valence-electron chi connectivity index (χ4n) is 1.59. The Morgan fingerprint density at radius 2 is 2.06 bits per heavy atom. The van der Waals surface area contributed by atoms with Crippen LogP contribution in [0.2, 0.25) is 0 Å². The van der Waals surface area contributed by atoms with Gasteiger partial charge in [-0.3, -0.25) is 0 Å². The zero-order chi connectivity index (χ0) is 13.4. The zero-order valence-corrected chi connectivity index (χ0v) is 11.8. The van der Waals surface area contributed by atoms with Gasteiger partial charge in [-0.15, -0.1) is 0 Å². The van der Waals surface area contributed by atoms with E-state index in [1.165, 1.54) is 0 Å². The Bertz CT molecular complexity index is 385. The molecule has 0 aliphatic carbocycles. The van der Waals surface area contributed by atoms with Crippen LogP contribution in [0.5, 0.6) is 5.75 Å². The summed E-state index contributed by atoms with van der Waals surface area (Å²) in [6.45, 7) is 3.27. The summed E-state index contributed by atoms with van der Waals surface area (Å²) >= 11 is 5.20. The summed E-state index contributed by atoms with van der Waals surface area (Å²) in [4.78, 5) is 0. The number of nitrogens with one attached hydrogen (secondary N) is 2. The van der Waals surface area contributed by atoms with Crippen molar-refractivity contribution < 1.29 is 9.47 Å². The maximum Gasteiger partial charge on any atom is 0.166 e. The highest BCUT2D eigenvalue weighted by molar-refractivity contribution is 7.80. The maximum atomic E-state index is 5.27. The predicted octanol–water partition coefficient (Wildman–Crippen LogP) is 1.69. The molecule has 0 fully saturated rings. The smallest absolute Gasteiger partial charge is 0.166 e. The molecule has 0 radical (unpaired) electrons. The molecule has 1 atom stereocenters. The van der Waals surface area contributed by atoms with Crippen LogP contribution >= 0.6 is 12.2 Å². The Balaban J connectivity index is 2.42. The van der Waals surface area contributed by atoms with E-state index in [1.54, 1.807) is 14.2 Å². The lowest BCUT2D eigenvalue weighted by Gasteiger charge is -2.16. The molecule has 100 valence electrons. The van der Waals surface area contributed by atoms with Gasteiger partial charge in [-0.05, 0) is 25.2 Å². The molecule has 0 amide bonds. The number of ether oxygens (including phenoxy) is 2. The third-order valence-electron chi connectivity index (χ3n) is 2.43. The quantitative estimate of drug-likeness (QED) is 0.769. The van der Waals surface area contributed by atoms with Crippen molar-refractivity contribution in [3.05, 3.63) is 29.8 Å². The van der Waals surface area contributed by atoms with Gasteiger partial charge in [-0.25, -0.2) is 0 Å². The minimum absolute atomic E-state index is 0.188. The first-order chi connectivity index (χ1) is 8.67. The van der Waals surface area contributed by atoms with Gasteiger partial charge in [0.25, 0.3) is 0 Å².